The number of carboxylic acids is 1. The van der Waals surface area contributed by atoms with Gasteiger partial charge in [0, 0.05) is 6.54 Å². The smallest absolute Gasteiger partial charge is 0.320 e. The highest BCUT2D eigenvalue weighted by molar-refractivity contribution is 5.73. The Kier molecular flexibility index (Phi) is 5.10. The molecule has 0 saturated heterocycles. The van der Waals surface area contributed by atoms with Crippen LogP contribution in [0.2, 0.25) is 0 Å². The molecule has 4 heteroatoms. The van der Waals surface area contributed by atoms with E-state index in [2.05, 4.69) is 0 Å². The minimum absolute atomic E-state index is 0.293. The Bertz CT molecular complexity index is 381. The Labute approximate surface area is 101 Å². The number of halogens is 1. The maximum Gasteiger partial charge on any atom is 0.320 e. The van der Waals surface area contributed by atoms with Crippen LogP contribution in [-0.2, 0) is 11.3 Å². The molecule has 94 valence electrons. The topological polar surface area (TPSA) is 40.5 Å². The Hall–Kier alpha value is -1.42. The van der Waals surface area contributed by atoms with Gasteiger partial charge in [0.2, 0.25) is 0 Å². The van der Waals surface area contributed by atoms with Gasteiger partial charge in [-0.3, -0.25) is 9.69 Å². The third-order valence-electron chi connectivity index (χ3n) is 2.70. The number of carbonyl (C=O) groups is 1. The normalized spacial score (nSPS) is 12.7. The molecule has 0 aliphatic rings. The molecule has 17 heavy (non-hydrogen) atoms. The van der Waals surface area contributed by atoms with Crippen LogP contribution in [0.1, 0.15) is 25.3 Å². The number of hydrogen-bond donors (Lipinski definition) is 1. The van der Waals surface area contributed by atoms with Gasteiger partial charge in [-0.05, 0) is 31.2 Å². The molecule has 0 aliphatic carbocycles. The maximum atomic E-state index is 13.0. The van der Waals surface area contributed by atoms with Gasteiger partial charge in [0.1, 0.15) is 11.9 Å². The highest BCUT2D eigenvalue weighted by Crippen LogP contribution is 2.11. The largest absolute Gasteiger partial charge is 0.480 e. The van der Waals surface area contributed by atoms with E-state index in [0.717, 1.165) is 12.0 Å². The van der Waals surface area contributed by atoms with Crippen molar-refractivity contribution in [3.8, 4) is 0 Å². The van der Waals surface area contributed by atoms with E-state index in [9.17, 15) is 9.18 Å². The highest BCUT2D eigenvalue weighted by atomic mass is 19.1. The molecule has 1 N–H and O–H groups in total. The van der Waals surface area contributed by atoms with Gasteiger partial charge in [-0.1, -0.05) is 25.5 Å². The fraction of sp³-hybridized carbons (Fsp3) is 0.462. The monoisotopic (exact) mass is 239 g/mol. The van der Waals surface area contributed by atoms with Crippen molar-refractivity contribution < 1.29 is 14.3 Å². The summed E-state index contributed by atoms with van der Waals surface area (Å²) in [5, 5.41) is 9.09. The number of hydrogen-bond acceptors (Lipinski definition) is 2. The lowest BCUT2D eigenvalue weighted by Gasteiger charge is -2.24. The van der Waals surface area contributed by atoms with Crippen LogP contribution in [-0.4, -0.2) is 29.1 Å². The summed E-state index contributed by atoms with van der Waals surface area (Å²) in [6.45, 7) is 2.39. The second-order valence-electron chi connectivity index (χ2n) is 4.19. The van der Waals surface area contributed by atoms with Gasteiger partial charge in [0.25, 0.3) is 0 Å². The third-order valence-corrected chi connectivity index (χ3v) is 2.70. The molecule has 0 radical (unpaired) electrons. The maximum absolute atomic E-state index is 13.0. The van der Waals surface area contributed by atoms with Crippen LogP contribution < -0.4 is 0 Å². The van der Waals surface area contributed by atoms with Crippen molar-refractivity contribution in [2.45, 2.75) is 32.4 Å². The summed E-state index contributed by atoms with van der Waals surface area (Å²) in [6, 6.07) is 5.73. The average molecular weight is 239 g/mol. The van der Waals surface area contributed by atoms with E-state index in [0.29, 0.717) is 13.0 Å². The van der Waals surface area contributed by atoms with Crippen LogP contribution in [0.3, 0.4) is 0 Å². The molecule has 3 nitrogen and oxygen atoms in total. The molecule has 1 aromatic carbocycles. The van der Waals surface area contributed by atoms with Crippen LogP contribution in [0.4, 0.5) is 4.39 Å². The quantitative estimate of drug-likeness (QED) is 0.829. The minimum Gasteiger partial charge on any atom is -0.480 e. The molecule has 0 heterocycles. The molecule has 1 atom stereocenters. The van der Waals surface area contributed by atoms with Crippen LogP contribution in [0.25, 0.3) is 0 Å². The van der Waals surface area contributed by atoms with E-state index in [1.165, 1.54) is 12.1 Å². The zero-order valence-corrected chi connectivity index (χ0v) is 10.2. The zero-order chi connectivity index (χ0) is 12.8. The van der Waals surface area contributed by atoms with Gasteiger partial charge in [-0.25, -0.2) is 4.39 Å². The standard InChI is InChI=1S/C13H18FNO2/c1-3-5-12(13(16)17)15(2)9-10-6-4-7-11(14)8-10/h4,6-8,12H,3,5,9H2,1-2H3,(H,16,17). The van der Waals surface area contributed by atoms with E-state index in [1.54, 1.807) is 24.1 Å². The van der Waals surface area contributed by atoms with Crippen molar-refractivity contribution in [1.29, 1.82) is 0 Å². The Morgan fingerprint density at radius 3 is 2.76 bits per heavy atom. The SMILES string of the molecule is CCCC(C(=O)O)N(C)Cc1cccc(F)c1. The summed E-state index contributed by atoms with van der Waals surface area (Å²) in [5.41, 5.74) is 0.787. The summed E-state index contributed by atoms with van der Waals surface area (Å²) in [7, 11) is 1.75. The minimum atomic E-state index is -0.828. The first-order valence-corrected chi connectivity index (χ1v) is 5.72. The molecule has 0 amide bonds. The lowest BCUT2D eigenvalue weighted by atomic mass is 10.1. The van der Waals surface area contributed by atoms with Crippen molar-refractivity contribution >= 4 is 5.97 Å². The predicted molar refractivity (Wildman–Crippen MR) is 64.2 cm³/mol. The Morgan fingerprint density at radius 1 is 1.53 bits per heavy atom. The molecule has 1 unspecified atom stereocenters. The van der Waals surface area contributed by atoms with Crippen molar-refractivity contribution in [3.63, 3.8) is 0 Å². The molecule has 0 fully saturated rings. The van der Waals surface area contributed by atoms with Gasteiger partial charge in [0.15, 0.2) is 0 Å². The van der Waals surface area contributed by atoms with E-state index in [-0.39, 0.29) is 5.82 Å². The number of nitrogens with zero attached hydrogens (tertiary/aromatic N) is 1. The van der Waals surface area contributed by atoms with Gasteiger partial charge in [-0.2, -0.15) is 0 Å². The summed E-state index contributed by atoms with van der Waals surface area (Å²) in [4.78, 5) is 12.8. The van der Waals surface area contributed by atoms with Crippen LogP contribution >= 0.6 is 0 Å². The summed E-state index contributed by atoms with van der Waals surface area (Å²) >= 11 is 0. The summed E-state index contributed by atoms with van der Waals surface area (Å²) in [5.74, 6) is -1.12. The highest BCUT2D eigenvalue weighted by Gasteiger charge is 2.21. The first-order valence-electron chi connectivity index (χ1n) is 5.72. The molecule has 0 saturated carbocycles. The van der Waals surface area contributed by atoms with Gasteiger partial charge >= 0.3 is 5.97 Å². The van der Waals surface area contributed by atoms with E-state index in [4.69, 9.17) is 5.11 Å². The number of benzene rings is 1. The first kappa shape index (κ1) is 13.6. The van der Waals surface area contributed by atoms with Crippen LogP contribution in [0.15, 0.2) is 24.3 Å². The fourth-order valence-corrected chi connectivity index (χ4v) is 1.84. The summed E-state index contributed by atoms with van der Waals surface area (Å²) in [6.07, 6.45) is 1.41. The average Bonchev–Trinajstić information content (AvgIpc) is 2.25. The predicted octanol–water partition coefficient (Wildman–Crippen LogP) is 2.51. The molecule has 0 aromatic heterocycles. The van der Waals surface area contributed by atoms with Crippen molar-refractivity contribution in [3.05, 3.63) is 35.6 Å². The molecule has 0 spiro atoms. The molecule has 0 aliphatic heterocycles. The van der Waals surface area contributed by atoms with Gasteiger partial charge in [0.05, 0.1) is 0 Å². The molecule has 0 bridgehead atoms. The van der Waals surface area contributed by atoms with Crippen molar-refractivity contribution in [2.24, 2.45) is 0 Å². The number of likely N-dealkylation sites (N-methyl/N-ethyl adjacent to an activating group) is 1. The number of carboxylic acid groups (broad SMARTS) is 1. The fourth-order valence-electron chi connectivity index (χ4n) is 1.84. The second kappa shape index (κ2) is 6.35. The van der Waals surface area contributed by atoms with Crippen molar-refractivity contribution in [2.75, 3.05) is 7.05 Å². The van der Waals surface area contributed by atoms with Crippen LogP contribution in [0.5, 0.6) is 0 Å². The molecule has 1 rings (SSSR count). The van der Waals surface area contributed by atoms with Gasteiger partial charge < -0.3 is 5.11 Å². The zero-order valence-electron chi connectivity index (χ0n) is 10.2. The second-order valence-corrected chi connectivity index (χ2v) is 4.19. The van der Waals surface area contributed by atoms with Crippen molar-refractivity contribution in [1.82, 2.24) is 4.90 Å². The van der Waals surface area contributed by atoms with E-state index < -0.39 is 12.0 Å². The number of rotatable bonds is 6. The Balaban J connectivity index is 2.69. The third kappa shape index (κ3) is 4.15. The molecular weight excluding hydrogens is 221 g/mol. The lowest BCUT2D eigenvalue weighted by molar-refractivity contribution is -0.143. The Morgan fingerprint density at radius 2 is 2.24 bits per heavy atom. The molecular formula is C13H18FNO2. The first-order chi connectivity index (χ1) is 8.04. The van der Waals surface area contributed by atoms with E-state index >= 15 is 0 Å². The summed E-state index contributed by atoms with van der Waals surface area (Å²) < 4.78 is 13.0. The van der Waals surface area contributed by atoms with Gasteiger partial charge in [-0.15, -0.1) is 0 Å². The lowest BCUT2D eigenvalue weighted by Crippen LogP contribution is -2.37. The van der Waals surface area contributed by atoms with Crippen LogP contribution in [0, 0.1) is 5.82 Å². The van der Waals surface area contributed by atoms with E-state index in [1.807, 2.05) is 6.92 Å². The number of aliphatic carboxylic acids is 1. The molecule has 1 aromatic rings.